The Morgan fingerprint density at radius 1 is 1.10 bits per heavy atom. The lowest BCUT2D eigenvalue weighted by Gasteiger charge is -2.28. The molecule has 0 heterocycles. The first-order chi connectivity index (χ1) is 10.1. The predicted octanol–water partition coefficient (Wildman–Crippen LogP) is 3.57. The molecule has 2 rings (SSSR count). The number of nitrogens with one attached hydrogen (secondary N) is 2. The number of anilines is 1. The summed E-state index contributed by atoms with van der Waals surface area (Å²) in [6.45, 7) is 2.32. The van der Waals surface area contributed by atoms with Gasteiger partial charge >= 0.3 is 0 Å². The largest absolute Gasteiger partial charge is 0.493 e. The molecule has 0 saturated heterocycles. The molecule has 0 unspecified atom stereocenters. The van der Waals surface area contributed by atoms with Crippen molar-refractivity contribution in [3.63, 3.8) is 0 Å². The molecule has 4 nitrogen and oxygen atoms in total. The van der Waals surface area contributed by atoms with E-state index in [-0.39, 0.29) is 0 Å². The fourth-order valence-corrected chi connectivity index (χ4v) is 2.96. The molecule has 0 aromatic heterocycles. The van der Waals surface area contributed by atoms with E-state index in [1.807, 2.05) is 18.2 Å². The lowest BCUT2D eigenvalue weighted by Crippen LogP contribution is -2.39. The average Bonchev–Trinajstić information content (AvgIpc) is 2.49. The van der Waals surface area contributed by atoms with Gasteiger partial charge in [-0.25, -0.2) is 0 Å². The molecular formula is C16H24N2O2S. The molecular weight excluding hydrogens is 284 g/mol. The molecule has 1 aliphatic carbocycles. The van der Waals surface area contributed by atoms with Gasteiger partial charge in [0, 0.05) is 17.8 Å². The molecule has 5 heteroatoms. The fourth-order valence-electron chi connectivity index (χ4n) is 2.67. The Hall–Kier alpha value is -1.49. The number of thiocarbonyl (C=S) groups is 1. The van der Waals surface area contributed by atoms with Crippen LogP contribution in [-0.2, 0) is 0 Å². The van der Waals surface area contributed by atoms with E-state index in [0.29, 0.717) is 22.7 Å². The van der Waals surface area contributed by atoms with Crippen LogP contribution in [0.5, 0.6) is 11.5 Å². The second-order valence-corrected chi connectivity index (χ2v) is 6.03. The minimum atomic E-state index is 0.487. The summed E-state index contributed by atoms with van der Waals surface area (Å²) >= 11 is 5.39. The van der Waals surface area contributed by atoms with Crippen LogP contribution in [0.25, 0.3) is 0 Å². The van der Waals surface area contributed by atoms with Crippen molar-refractivity contribution in [3.05, 3.63) is 18.2 Å². The first-order valence-corrected chi connectivity index (χ1v) is 7.82. The van der Waals surface area contributed by atoms with Crippen LogP contribution in [0.1, 0.15) is 32.6 Å². The number of hydrogen-bond donors (Lipinski definition) is 2. The highest BCUT2D eigenvalue weighted by molar-refractivity contribution is 7.80. The fraction of sp³-hybridized carbons (Fsp3) is 0.562. The molecule has 1 fully saturated rings. The van der Waals surface area contributed by atoms with Gasteiger partial charge in [0.2, 0.25) is 0 Å². The molecule has 1 aliphatic rings. The van der Waals surface area contributed by atoms with E-state index in [0.717, 1.165) is 11.6 Å². The quantitative estimate of drug-likeness (QED) is 0.832. The Morgan fingerprint density at radius 2 is 1.76 bits per heavy atom. The SMILES string of the molecule is COc1ccc(NC(=S)NC2CCC(C)CC2)cc1OC. The highest BCUT2D eigenvalue weighted by Gasteiger charge is 2.18. The van der Waals surface area contributed by atoms with Gasteiger partial charge in [0.05, 0.1) is 14.2 Å². The maximum absolute atomic E-state index is 5.39. The third kappa shape index (κ3) is 4.49. The Balaban J connectivity index is 1.90. The summed E-state index contributed by atoms with van der Waals surface area (Å²) in [6.07, 6.45) is 4.93. The minimum absolute atomic E-state index is 0.487. The highest BCUT2D eigenvalue weighted by atomic mass is 32.1. The van der Waals surface area contributed by atoms with Crippen molar-refractivity contribution >= 4 is 23.0 Å². The van der Waals surface area contributed by atoms with Crippen LogP contribution in [0.4, 0.5) is 5.69 Å². The zero-order valence-electron chi connectivity index (χ0n) is 12.9. The summed E-state index contributed by atoms with van der Waals surface area (Å²) in [6, 6.07) is 6.17. The van der Waals surface area contributed by atoms with E-state index in [4.69, 9.17) is 21.7 Å². The molecule has 0 atom stereocenters. The molecule has 1 saturated carbocycles. The predicted molar refractivity (Wildman–Crippen MR) is 90.3 cm³/mol. The zero-order valence-corrected chi connectivity index (χ0v) is 13.8. The van der Waals surface area contributed by atoms with E-state index in [9.17, 15) is 0 Å². The highest BCUT2D eigenvalue weighted by Crippen LogP contribution is 2.29. The zero-order chi connectivity index (χ0) is 15.2. The maximum Gasteiger partial charge on any atom is 0.170 e. The van der Waals surface area contributed by atoms with Gasteiger partial charge in [0.15, 0.2) is 16.6 Å². The van der Waals surface area contributed by atoms with E-state index in [1.165, 1.54) is 25.7 Å². The smallest absolute Gasteiger partial charge is 0.170 e. The monoisotopic (exact) mass is 308 g/mol. The van der Waals surface area contributed by atoms with Gasteiger partial charge < -0.3 is 20.1 Å². The second-order valence-electron chi connectivity index (χ2n) is 5.63. The van der Waals surface area contributed by atoms with Crippen LogP contribution < -0.4 is 20.1 Å². The molecule has 1 aromatic rings. The van der Waals surface area contributed by atoms with Crippen LogP contribution in [0.3, 0.4) is 0 Å². The molecule has 2 N–H and O–H groups in total. The standard InChI is InChI=1S/C16H24N2O2S/c1-11-4-6-12(7-5-11)17-16(21)18-13-8-9-14(19-2)15(10-13)20-3/h8-12H,4-7H2,1-3H3,(H2,17,18,21). The molecule has 0 aliphatic heterocycles. The Labute approximate surface area is 132 Å². The molecule has 0 bridgehead atoms. The normalized spacial score (nSPS) is 21.5. The first-order valence-electron chi connectivity index (χ1n) is 7.42. The number of rotatable bonds is 4. The number of ether oxygens (including phenoxy) is 2. The number of benzene rings is 1. The van der Waals surface area contributed by atoms with E-state index < -0.39 is 0 Å². The van der Waals surface area contributed by atoms with Gasteiger partial charge in [-0.2, -0.15) is 0 Å². The molecule has 0 spiro atoms. The van der Waals surface area contributed by atoms with Gasteiger partial charge in [-0.05, 0) is 56.0 Å². The van der Waals surface area contributed by atoms with Crippen molar-refractivity contribution in [2.45, 2.75) is 38.6 Å². The van der Waals surface area contributed by atoms with Crippen LogP contribution in [0.2, 0.25) is 0 Å². The van der Waals surface area contributed by atoms with E-state index >= 15 is 0 Å². The average molecular weight is 308 g/mol. The van der Waals surface area contributed by atoms with Crippen molar-refractivity contribution in [3.8, 4) is 11.5 Å². The van der Waals surface area contributed by atoms with Gasteiger partial charge in [-0.15, -0.1) is 0 Å². The lowest BCUT2D eigenvalue weighted by atomic mass is 9.87. The molecule has 116 valence electrons. The summed E-state index contributed by atoms with van der Waals surface area (Å²) < 4.78 is 10.5. The third-order valence-electron chi connectivity index (χ3n) is 3.99. The van der Waals surface area contributed by atoms with Gasteiger partial charge in [0.25, 0.3) is 0 Å². The number of hydrogen-bond acceptors (Lipinski definition) is 3. The summed E-state index contributed by atoms with van der Waals surface area (Å²) in [4.78, 5) is 0. The first kappa shape index (κ1) is 15.9. The minimum Gasteiger partial charge on any atom is -0.493 e. The topological polar surface area (TPSA) is 42.5 Å². The van der Waals surface area contributed by atoms with Gasteiger partial charge in [-0.1, -0.05) is 6.92 Å². The van der Waals surface area contributed by atoms with Gasteiger partial charge in [-0.3, -0.25) is 0 Å². The Morgan fingerprint density at radius 3 is 2.38 bits per heavy atom. The van der Waals surface area contributed by atoms with Crippen molar-refractivity contribution in [1.29, 1.82) is 0 Å². The van der Waals surface area contributed by atoms with Crippen LogP contribution in [-0.4, -0.2) is 25.4 Å². The van der Waals surface area contributed by atoms with Crippen molar-refractivity contribution in [2.75, 3.05) is 19.5 Å². The summed E-state index contributed by atoms with van der Waals surface area (Å²) in [5, 5.41) is 7.28. The molecule has 21 heavy (non-hydrogen) atoms. The second kappa shape index (κ2) is 7.50. The van der Waals surface area contributed by atoms with Crippen molar-refractivity contribution in [2.24, 2.45) is 5.92 Å². The van der Waals surface area contributed by atoms with Crippen LogP contribution >= 0.6 is 12.2 Å². The molecule has 0 radical (unpaired) electrons. The van der Waals surface area contributed by atoms with E-state index in [1.54, 1.807) is 14.2 Å². The summed E-state index contributed by atoms with van der Waals surface area (Å²) in [5.74, 6) is 2.25. The third-order valence-corrected chi connectivity index (χ3v) is 4.21. The molecule has 1 aromatic carbocycles. The molecule has 0 amide bonds. The lowest BCUT2D eigenvalue weighted by molar-refractivity contribution is 0.332. The number of methoxy groups -OCH3 is 2. The van der Waals surface area contributed by atoms with E-state index in [2.05, 4.69) is 17.6 Å². The Kier molecular flexibility index (Phi) is 5.67. The van der Waals surface area contributed by atoms with Crippen LogP contribution in [0, 0.1) is 5.92 Å². The maximum atomic E-state index is 5.39. The van der Waals surface area contributed by atoms with Gasteiger partial charge in [0.1, 0.15) is 0 Å². The van der Waals surface area contributed by atoms with Crippen molar-refractivity contribution < 1.29 is 9.47 Å². The van der Waals surface area contributed by atoms with Crippen molar-refractivity contribution in [1.82, 2.24) is 5.32 Å². The summed E-state index contributed by atoms with van der Waals surface area (Å²) in [5.41, 5.74) is 0.898. The summed E-state index contributed by atoms with van der Waals surface area (Å²) in [7, 11) is 3.25. The Bertz CT molecular complexity index is 485. The van der Waals surface area contributed by atoms with Crippen LogP contribution in [0.15, 0.2) is 18.2 Å².